The van der Waals surface area contributed by atoms with Crippen LogP contribution in [0.15, 0.2) is 24.3 Å². The van der Waals surface area contributed by atoms with Gasteiger partial charge in [0, 0.05) is 23.9 Å². The number of halogens is 1. The zero-order valence-corrected chi connectivity index (χ0v) is 8.93. The first kappa shape index (κ1) is 11.3. The molecule has 2 nitrogen and oxygen atoms in total. The van der Waals surface area contributed by atoms with Crippen LogP contribution in [-0.4, -0.2) is 18.3 Å². The van der Waals surface area contributed by atoms with Crippen LogP contribution in [0, 0.1) is 0 Å². The molecule has 0 saturated carbocycles. The molecular weight excluding hydrogens is 198 g/mol. The van der Waals surface area contributed by atoms with Gasteiger partial charge in [-0.1, -0.05) is 11.6 Å². The second-order valence-corrected chi connectivity index (χ2v) is 3.65. The van der Waals surface area contributed by atoms with E-state index in [-0.39, 0.29) is 0 Å². The molecular formula is C11H16ClNO. The number of benzene rings is 1. The highest BCUT2D eigenvalue weighted by Crippen LogP contribution is 2.13. The van der Waals surface area contributed by atoms with Gasteiger partial charge in [-0.2, -0.15) is 0 Å². The highest BCUT2D eigenvalue weighted by Gasteiger charge is 1.91. The van der Waals surface area contributed by atoms with E-state index in [0.717, 1.165) is 36.5 Å². The van der Waals surface area contributed by atoms with Gasteiger partial charge in [0.25, 0.3) is 0 Å². The summed E-state index contributed by atoms with van der Waals surface area (Å²) in [7, 11) is 0. The smallest absolute Gasteiger partial charge is 0.0431 e. The molecule has 0 fully saturated rings. The molecule has 0 aromatic heterocycles. The summed E-state index contributed by atoms with van der Waals surface area (Å²) in [5.74, 6) is 0. The van der Waals surface area contributed by atoms with E-state index in [9.17, 15) is 0 Å². The molecule has 0 atom stereocenters. The van der Waals surface area contributed by atoms with E-state index in [1.54, 1.807) is 0 Å². The summed E-state index contributed by atoms with van der Waals surface area (Å²) in [4.78, 5) is 0. The first-order valence-electron chi connectivity index (χ1n) is 4.93. The summed E-state index contributed by atoms with van der Waals surface area (Å²) in [6.07, 6.45) is 3.04. The maximum absolute atomic E-state index is 8.58. The van der Waals surface area contributed by atoms with E-state index in [1.165, 1.54) is 0 Å². The predicted molar refractivity (Wildman–Crippen MR) is 60.9 cm³/mol. The monoisotopic (exact) mass is 213 g/mol. The molecule has 3 heteroatoms. The minimum Gasteiger partial charge on any atom is -0.396 e. The number of unbranched alkanes of at least 4 members (excludes halogenated alkanes) is 2. The lowest BCUT2D eigenvalue weighted by molar-refractivity contribution is 0.283. The minimum absolute atomic E-state index is 0.293. The Morgan fingerprint density at radius 1 is 1.07 bits per heavy atom. The van der Waals surface area contributed by atoms with Gasteiger partial charge in [-0.15, -0.1) is 0 Å². The van der Waals surface area contributed by atoms with Crippen LogP contribution in [0.4, 0.5) is 5.69 Å². The number of hydrogen-bond acceptors (Lipinski definition) is 2. The first-order chi connectivity index (χ1) is 6.83. The van der Waals surface area contributed by atoms with E-state index < -0.39 is 0 Å². The number of anilines is 1. The maximum atomic E-state index is 8.58. The van der Waals surface area contributed by atoms with Crippen LogP contribution in [0.1, 0.15) is 19.3 Å². The molecule has 0 saturated heterocycles. The lowest BCUT2D eigenvalue weighted by Crippen LogP contribution is -2.01. The molecule has 0 radical (unpaired) electrons. The Labute approximate surface area is 89.9 Å². The van der Waals surface area contributed by atoms with E-state index in [1.807, 2.05) is 24.3 Å². The van der Waals surface area contributed by atoms with Crippen molar-refractivity contribution >= 4 is 17.3 Å². The maximum Gasteiger partial charge on any atom is 0.0431 e. The molecule has 0 amide bonds. The third kappa shape index (κ3) is 4.49. The minimum atomic E-state index is 0.293. The van der Waals surface area contributed by atoms with Gasteiger partial charge in [0.15, 0.2) is 0 Å². The molecule has 0 heterocycles. The molecule has 14 heavy (non-hydrogen) atoms. The molecule has 2 N–H and O–H groups in total. The fourth-order valence-electron chi connectivity index (χ4n) is 1.21. The van der Waals surface area contributed by atoms with E-state index in [0.29, 0.717) is 6.61 Å². The van der Waals surface area contributed by atoms with Gasteiger partial charge < -0.3 is 10.4 Å². The highest BCUT2D eigenvalue weighted by atomic mass is 35.5. The Morgan fingerprint density at radius 3 is 2.43 bits per heavy atom. The summed E-state index contributed by atoms with van der Waals surface area (Å²) < 4.78 is 0. The van der Waals surface area contributed by atoms with E-state index in [2.05, 4.69) is 5.32 Å². The normalized spacial score (nSPS) is 10.1. The standard InChI is InChI=1S/C11H16ClNO/c12-10-4-6-11(7-5-10)13-8-2-1-3-9-14/h4-7,13-14H,1-3,8-9H2. The van der Waals surface area contributed by atoms with Crippen molar-refractivity contribution < 1.29 is 5.11 Å². The molecule has 0 aliphatic rings. The number of aliphatic hydroxyl groups excluding tert-OH is 1. The molecule has 1 aromatic rings. The van der Waals surface area contributed by atoms with Crippen LogP contribution in [0.3, 0.4) is 0 Å². The number of nitrogens with one attached hydrogen (secondary N) is 1. The van der Waals surface area contributed by atoms with Crippen molar-refractivity contribution in [2.45, 2.75) is 19.3 Å². The van der Waals surface area contributed by atoms with Crippen LogP contribution < -0.4 is 5.32 Å². The average Bonchev–Trinajstić information content (AvgIpc) is 2.21. The van der Waals surface area contributed by atoms with Crippen LogP contribution in [0.25, 0.3) is 0 Å². The molecule has 0 aliphatic heterocycles. The summed E-state index contributed by atoms with van der Waals surface area (Å²) >= 11 is 5.76. The Hall–Kier alpha value is -0.730. The molecule has 0 spiro atoms. The van der Waals surface area contributed by atoms with Crippen LogP contribution in [-0.2, 0) is 0 Å². The van der Waals surface area contributed by atoms with Crippen LogP contribution in [0.5, 0.6) is 0 Å². The van der Waals surface area contributed by atoms with Crippen molar-refractivity contribution in [2.24, 2.45) is 0 Å². The van der Waals surface area contributed by atoms with Crippen molar-refractivity contribution in [3.63, 3.8) is 0 Å². The predicted octanol–water partition coefficient (Wildman–Crippen LogP) is 2.91. The number of aliphatic hydroxyl groups is 1. The van der Waals surface area contributed by atoms with Crippen LogP contribution >= 0.6 is 11.6 Å². The molecule has 0 unspecified atom stereocenters. The van der Waals surface area contributed by atoms with E-state index in [4.69, 9.17) is 16.7 Å². The third-order valence-corrected chi connectivity index (χ3v) is 2.26. The lowest BCUT2D eigenvalue weighted by atomic mass is 10.2. The SMILES string of the molecule is OCCCCCNc1ccc(Cl)cc1. The van der Waals surface area contributed by atoms with Crippen molar-refractivity contribution in [3.8, 4) is 0 Å². The second kappa shape index (κ2) is 6.68. The van der Waals surface area contributed by atoms with Gasteiger partial charge in [0.2, 0.25) is 0 Å². The molecule has 1 rings (SSSR count). The fraction of sp³-hybridized carbons (Fsp3) is 0.455. The van der Waals surface area contributed by atoms with Crippen LogP contribution in [0.2, 0.25) is 5.02 Å². The van der Waals surface area contributed by atoms with Crippen molar-refractivity contribution in [2.75, 3.05) is 18.5 Å². The Morgan fingerprint density at radius 2 is 1.79 bits per heavy atom. The molecule has 78 valence electrons. The Kier molecular flexibility index (Phi) is 5.42. The largest absolute Gasteiger partial charge is 0.396 e. The molecule has 1 aromatic carbocycles. The van der Waals surface area contributed by atoms with E-state index >= 15 is 0 Å². The number of hydrogen-bond donors (Lipinski definition) is 2. The molecule has 0 bridgehead atoms. The summed E-state index contributed by atoms with van der Waals surface area (Å²) in [6.45, 7) is 1.24. The highest BCUT2D eigenvalue weighted by molar-refractivity contribution is 6.30. The zero-order chi connectivity index (χ0) is 10.2. The van der Waals surface area contributed by atoms with Gasteiger partial charge in [-0.3, -0.25) is 0 Å². The second-order valence-electron chi connectivity index (χ2n) is 3.22. The first-order valence-corrected chi connectivity index (χ1v) is 5.31. The summed E-state index contributed by atoms with van der Waals surface area (Å²) in [6, 6.07) is 7.68. The fourth-order valence-corrected chi connectivity index (χ4v) is 1.34. The Bertz CT molecular complexity index is 248. The molecule has 0 aliphatic carbocycles. The zero-order valence-electron chi connectivity index (χ0n) is 8.17. The van der Waals surface area contributed by atoms with Gasteiger partial charge in [0.05, 0.1) is 0 Å². The van der Waals surface area contributed by atoms with Gasteiger partial charge >= 0.3 is 0 Å². The van der Waals surface area contributed by atoms with Gasteiger partial charge in [0.1, 0.15) is 0 Å². The van der Waals surface area contributed by atoms with Crippen molar-refractivity contribution in [1.82, 2.24) is 0 Å². The quantitative estimate of drug-likeness (QED) is 0.713. The third-order valence-electron chi connectivity index (χ3n) is 2.01. The average molecular weight is 214 g/mol. The Balaban J connectivity index is 2.15. The van der Waals surface area contributed by atoms with Crippen molar-refractivity contribution in [1.29, 1.82) is 0 Å². The van der Waals surface area contributed by atoms with Crippen molar-refractivity contribution in [3.05, 3.63) is 29.3 Å². The van der Waals surface area contributed by atoms with Gasteiger partial charge in [-0.25, -0.2) is 0 Å². The van der Waals surface area contributed by atoms with Gasteiger partial charge in [-0.05, 0) is 43.5 Å². The summed E-state index contributed by atoms with van der Waals surface area (Å²) in [5, 5.41) is 12.6. The number of rotatable bonds is 6. The topological polar surface area (TPSA) is 32.3 Å². The summed E-state index contributed by atoms with van der Waals surface area (Å²) in [5.41, 5.74) is 1.10. The lowest BCUT2D eigenvalue weighted by Gasteiger charge is -2.05.